The zero-order valence-electron chi connectivity index (χ0n) is 49.2. The second kappa shape index (κ2) is 42.8. The number of carbonyl (C=O) groups is 5. The summed E-state index contributed by atoms with van der Waals surface area (Å²) >= 11 is 1.78. The summed E-state index contributed by atoms with van der Waals surface area (Å²) in [5.41, 5.74) is 3.12. The smallest absolute Gasteiger partial charge is 0.317 e. The van der Waals surface area contributed by atoms with Crippen molar-refractivity contribution in [1.29, 1.82) is 0 Å². The fourth-order valence-corrected chi connectivity index (χ4v) is 11.9. The third-order valence-electron chi connectivity index (χ3n) is 15.4. The van der Waals surface area contributed by atoms with E-state index in [0.29, 0.717) is 227 Å². The largest absolute Gasteiger partial charge is 0.480 e. The Bertz CT molecular complexity index is 1830. The summed E-state index contributed by atoms with van der Waals surface area (Å²) in [6.07, 6.45) is 11.3. The molecule has 25 nitrogen and oxygen atoms in total. The zero-order chi connectivity index (χ0) is 59.1. The fraction of sp³-hybridized carbons (Fsp3) is 0.877. The van der Waals surface area contributed by atoms with Gasteiger partial charge in [-0.25, -0.2) is 0 Å². The third kappa shape index (κ3) is 29.5. The van der Waals surface area contributed by atoms with Crippen molar-refractivity contribution >= 4 is 41.4 Å². The maximum atomic E-state index is 12.8. The van der Waals surface area contributed by atoms with E-state index >= 15 is 0 Å². The van der Waals surface area contributed by atoms with Gasteiger partial charge in [-0.05, 0) is 61.5 Å². The topological polar surface area (TPSA) is 282 Å². The van der Waals surface area contributed by atoms with Crippen LogP contribution in [-0.4, -0.2) is 320 Å². The number of amides is 1. The Balaban J connectivity index is 0.669. The number of ether oxygens (including phenoxy) is 12. The molecule has 3 atom stereocenters. The summed E-state index contributed by atoms with van der Waals surface area (Å²) in [5.74, 6) is 0.666. The van der Waals surface area contributed by atoms with E-state index in [1.165, 1.54) is 38.5 Å². The van der Waals surface area contributed by atoms with E-state index < -0.39 is 17.9 Å². The molecule has 4 N–H and O–H groups in total. The van der Waals surface area contributed by atoms with Crippen LogP contribution in [0.3, 0.4) is 0 Å². The number of hydrogen-bond donors (Lipinski definition) is 4. The molecule has 0 bridgehead atoms. The van der Waals surface area contributed by atoms with Gasteiger partial charge in [0.15, 0.2) is 0 Å². The van der Waals surface area contributed by atoms with Crippen molar-refractivity contribution in [3.63, 3.8) is 0 Å². The first-order chi connectivity index (χ1) is 40.5. The van der Waals surface area contributed by atoms with Gasteiger partial charge < -0.3 is 77.5 Å². The van der Waals surface area contributed by atoms with Crippen LogP contribution in [0.4, 0.5) is 0 Å². The van der Waals surface area contributed by atoms with E-state index in [4.69, 9.17) is 56.8 Å². The van der Waals surface area contributed by atoms with Gasteiger partial charge in [-0.2, -0.15) is 11.8 Å². The van der Waals surface area contributed by atoms with Crippen LogP contribution in [0.2, 0.25) is 0 Å². The van der Waals surface area contributed by atoms with Crippen molar-refractivity contribution in [2.75, 3.05) is 255 Å². The molecular formula is C57H99N5O20S. The summed E-state index contributed by atoms with van der Waals surface area (Å²) in [6.45, 7) is 12.7. The molecule has 0 aromatic carbocycles. The van der Waals surface area contributed by atoms with Crippen LogP contribution < -0.4 is 5.32 Å². The van der Waals surface area contributed by atoms with Crippen molar-refractivity contribution in [2.24, 2.45) is 22.7 Å². The lowest BCUT2D eigenvalue weighted by Gasteiger charge is -2.57. The molecule has 1 heterocycles. The lowest BCUT2D eigenvalue weighted by Crippen LogP contribution is -2.50. The van der Waals surface area contributed by atoms with Gasteiger partial charge >= 0.3 is 17.9 Å². The molecule has 26 heteroatoms. The van der Waals surface area contributed by atoms with Crippen LogP contribution in [0, 0.1) is 22.7 Å². The Kier molecular flexibility index (Phi) is 36.5. The summed E-state index contributed by atoms with van der Waals surface area (Å²) < 4.78 is 66.5. The van der Waals surface area contributed by atoms with Crippen LogP contribution in [0.25, 0.3) is 0 Å². The number of fused-ring (bicyclic) bond motifs is 4. The van der Waals surface area contributed by atoms with E-state index in [9.17, 15) is 39.3 Å². The standard InChI is InChI=1S/C57H99N5O20S/c63-49(47-83-41-1-6-56-42-51(56)57(48-2-3-48)7-4-50(56)57)5-17-71-19-21-73-23-25-75-27-29-77-31-33-79-35-37-81-39-40-82-38-36-80-34-32-78-30-28-76-26-24-74-22-20-72-18-8-58-52(64)43-59-9-11-60(44-53(65)66)13-15-62(46-55(69)70)16-14-61(12-10-59)45-54(67)68/h4,48,51H,1-3,5-47H2,(H,58,64)(H,65,66)(H,67,68)(H,69,70). The molecule has 5 rings (SSSR count). The minimum atomic E-state index is -1.02. The van der Waals surface area contributed by atoms with E-state index in [-0.39, 0.29) is 51.0 Å². The minimum Gasteiger partial charge on any atom is -0.480 e. The highest BCUT2D eigenvalue weighted by molar-refractivity contribution is 7.99. The number of rotatable bonds is 54. The summed E-state index contributed by atoms with van der Waals surface area (Å²) in [6, 6.07) is 0. The highest BCUT2D eigenvalue weighted by Gasteiger charge is 2.81. The molecule has 4 aliphatic carbocycles. The molecule has 478 valence electrons. The van der Waals surface area contributed by atoms with Gasteiger partial charge in [0.25, 0.3) is 0 Å². The number of Topliss-reactive ketones (excluding diaryl/α,β-unsaturated/α-hetero) is 1. The Morgan fingerprint density at radius 1 is 0.482 bits per heavy atom. The Hall–Kier alpha value is -3.00. The van der Waals surface area contributed by atoms with Crippen LogP contribution in [0.5, 0.6) is 0 Å². The summed E-state index contributed by atoms with van der Waals surface area (Å²) in [4.78, 5) is 66.4. The minimum absolute atomic E-state index is 0.0297. The van der Waals surface area contributed by atoms with Crippen molar-refractivity contribution in [2.45, 2.75) is 44.9 Å². The molecule has 3 unspecified atom stereocenters. The third-order valence-corrected chi connectivity index (χ3v) is 16.5. The number of ketones is 1. The Morgan fingerprint density at radius 3 is 1.13 bits per heavy atom. The van der Waals surface area contributed by atoms with Gasteiger partial charge in [-0.3, -0.25) is 43.6 Å². The predicted molar refractivity (Wildman–Crippen MR) is 306 cm³/mol. The molecule has 0 spiro atoms. The van der Waals surface area contributed by atoms with Gasteiger partial charge in [-0.1, -0.05) is 11.6 Å². The Labute approximate surface area is 495 Å². The quantitative estimate of drug-likeness (QED) is 0.0488. The number of nitrogens with one attached hydrogen (secondary N) is 1. The average Bonchev–Trinajstić information content (AvgIpc) is 1.49. The first kappa shape index (κ1) is 70.8. The van der Waals surface area contributed by atoms with Crippen molar-refractivity contribution < 1.29 is 96.1 Å². The first-order valence-corrected chi connectivity index (χ1v) is 31.2. The molecule has 5 aliphatic rings. The number of carboxylic acid groups (broad SMARTS) is 3. The number of aliphatic carboxylic acids is 3. The number of carboxylic acids is 3. The molecule has 0 aromatic rings. The van der Waals surface area contributed by atoms with E-state index in [1.54, 1.807) is 26.5 Å². The number of thioether (sulfide) groups is 1. The van der Waals surface area contributed by atoms with Crippen LogP contribution >= 0.6 is 11.8 Å². The van der Waals surface area contributed by atoms with Crippen molar-refractivity contribution in [3.05, 3.63) is 11.6 Å². The monoisotopic (exact) mass is 1210 g/mol. The van der Waals surface area contributed by atoms with E-state index in [2.05, 4.69) is 11.4 Å². The number of carbonyl (C=O) groups excluding carboxylic acids is 2. The lowest BCUT2D eigenvalue weighted by molar-refractivity contribution is -0.140. The zero-order valence-corrected chi connectivity index (χ0v) is 50.1. The highest BCUT2D eigenvalue weighted by Crippen LogP contribution is 2.89. The molecule has 0 radical (unpaired) electrons. The summed E-state index contributed by atoms with van der Waals surface area (Å²) in [7, 11) is 0. The molecule has 4 fully saturated rings. The second-order valence-electron chi connectivity index (χ2n) is 21.5. The maximum absolute atomic E-state index is 12.8. The van der Waals surface area contributed by atoms with Crippen molar-refractivity contribution in [3.8, 4) is 0 Å². The van der Waals surface area contributed by atoms with Crippen LogP contribution in [-0.2, 0) is 80.8 Å². The fourth-order valence-electron chi connectivity index (χ4n) is 11.1. The molecule has 0 aromatic heterocycles. The highest BCUT2D eigenvalue weighted by atomic mass is 32.2. The molecule has 3 saturated carbocycles. The average molecular weight is 1210 g/mol. The predicted octanol–water partition coefficient (Wildman–Crippen LogP) is 0.996. The number of allylic oxidation sites excluding steroid dienone is 2. The van der Waals surface area contributed by atoms with Crippen LogP contribution in [0.15, 0.2) is 11.6 Å². The number of hydrogen-bond acceptors (Lipinski definition) is 22. The van der Waals surface area contributed by atoms with Gasteiger partial charge in [0.05, 0.1) is 190 Å². The van der Waals surface area contributed by atoms with Gasteiger partial charge in [0.1, 0.15) is 5.78 Å². The number of nitrogens with zero attached hydrogens (tertiary/aromatic N) is 4. The van der Waals surface area contributed by atoms with Gasteiger partial charge in [-0.15, -0.1) is 0 Å². The normalized spacial score (nSPS) is 21.4. The van der Waals surface area contributed by atoms with Gasteiger partial charge in [0, 0.05) is 70.7 Å². The maximum Gasteiger partial charge on any atom is 0.317 e. The van der Waals surface area contributed by atoms with Gasteiger partial charge in [0.2, 0.25) is 5.91 Å². The first-order valence-electron chi connectivity index (χ1n) is 30.1. The SMILES string of the molecule is O=C(O)CN1CCN(CC(=O)O)CCN(CC(=O)NCCOCCOCCOCCOCCOCCOCCOCCOCCOCCOCCOCCOCCC(=O)CSCCCC23CC2C2(C4CC4)CC=C32)CCN(CC(=O)O)CC1. The molecular weight excluding hydrogens is 1110 g/mol. The molecule has 83 heavy (non-hydrogen) atoms. The Morgan fingerprint density at radius 2 is 0.819 bits per heavy atom. The van der Waals surface area contributed by atoms with Crippen LogP contribution in [0.1, 0.15) is 44.9 Å². The van der Waals surface area contributed by atoms with E-state index in [1.807, 2.05) is 10.5 Å². The van der Waals surface area contributed by atoms with E-state index in [0.717, 1.165) is 17.6 Å². The van der Waals surface area contributed by atoms with Crippen molar-refractivity contribution in [1.82, 2.24) is 24.9 Å². The lowest BCUT2D eigenvalue weighted by atomic mass is 9.47. The molecule has 1 saturated heterocycles. The molecule has 1 aliphatic heterocycles. The second-order valence-corrected chi connectivity index (χ2v) is 22.6. The molecule has 1 amide bonds. The summed E-state index contributed by atoms with van der Waals surface area (Å²) in [5, 5.41) is 31.0.